The van der Waals surface area contributed by atoms with Crippen molar-refractivity contribution in [3.63, 3.8) is 0 Å². The van der Waals surface area contributed by atoms with Gasteiger partial charge in [0.1, 0.15) is 5.52 Å². The van der Waals surface area contributed by atoms with Crippen LogP contribution < -0.4 is 10.6 Å². The zero-order valence-electron chi connectivity index (χ0n) is 10.9. The van der Waals surface area contributed by atoms with Gasteiger partial charge >= 0.3 is 0 Å². The van der Waals surface area contributed by atoms with Crippen LogP contribution in [0.4, 0.5) is 5.69 Å². The zero-order chi connectivity index (χ0) is 12.7. The van der Waals surface area contributed by atoms with Crippen LogP contribution in [0.25, 0.3) is 11.1 Å². The zero-order valence-corrected chi connectivity index (χ0v) is 10.9. The molecule has 0 bridgehead atoms. The normalized spacial score (nSPS) is 23.7. The molecule has 0 aliphatic heterocycles. The monoisotopic (exact) mass is 245 g/mol. The van der Waals surface area contributed by atoms with Crippen molar-refractivity contribution in [2.24, 2.45) is 5.73 Å². The first-order chi connectivity index (χ1) is 8.65. The first-order valence-electron chi connectivity index (χ1n) is 6.51. The molecule has 4 nitrogen and oxygen atoms in total. The summed E-state index contributed by atoms with van der Waals surface area (Å²) < 4.78 is 5.58. The summed E-state index contributed by atoms with van der Waals surface area (Å²) in [6, 6.07) is 6.88. The summed E-state index contributed by atoms with van der Waals surface area (Å²) in [5.74, 6) is 0.711. The van der Waals surface area contributed by atoms with Gasteiger partial charge in [-0.3, -0.25) is 0 Å². The van der Waals surface area contributed by atoms with Crippen molar-refractivity contribution in [3.8, 4) is 0 Å². The van der Waals surface area contributed by atoms with Crippen LogP contribution in [0.15, 0.2) is 22.6 Å². The van der Waals surface area contributed by atoms with E-state index in [1.807, 2.05) is 13.0 Å². The molecule has 1 aliphatic rings. The van der Waals surface area contributed by atoms with Crippen LogP contribution in [-0.4, -0.2) is 24.1 Å². The van der Waals surface area contributed by atoms with Gasteiger partial charge < -0.3 is 15.1 Å². The maximum atomic E-state index is 6.16. The Morgan fingerprint density at radius 2 is 2.22 bits per heavy atom. The third kappa shape index (κ3) is 1.86. The standard InChI is InChI=1S/C14H19N3O/c1-9-16-12-7-6-10(8-14(12)18-9)17(2)13-5-3-4-11(13)15/h6-8,11,13H,3-5,15H2,1-2H3. The number of anilines is 1. The number of benzene rings is 1. The fourth-order valence-corrected chi connectivity index (χ4v) is 2.89. The summed E-state index contributed by atoms with van der Waals surface area (Å²) in [5, 5.41) is 0. The number of oxazole rings is 1. The smallest absolute Gasteiger partial charge is 0.192 e. The van der Waals surface area contributed by atoms with E-state index in [-0.39, 0.29) is 6.04 Å². The lowest BCUT2D eigenvalue weighted by Gasteiger charge is -2.29. The number of rotatable bonds is 2. The number of likely N-dealkylation sites (N-methyl/N-ethyl adjacent to an activating group) is 1. The molecule has 1 aromatic carbocycles. The van der Waals surface area contributed by atoms with E-state index in [0.717, 1.165) is 23.2 Å². The molecule has 0 saturated heterocycles. The highest BCUT2D eigenvalue weighted by molar-refractivity contribution is 5.77. The average molecular weight is 245 g/mol. The number of nitrogens with zero attached hydrogens (tertiary/aromatic N) is 2. The van der Waals surface area contributed by atoms with E-state index in [1.165, 1.54) is 12.8 Å². The molecule has 2 N–H and O–H groups in total. The first kappa shape index (κ1) is 11.5. The molecule has 18 heavy (non-hydrogen) atoms. The van der Waals surface area contributed by atoms with Crippen molar-refractivity contribution < 1.29 is 4.42 Å². The molecule has 0 radical (unpaired) electrons. The van der Waals surface area contributed by atoms with Gasteiger partial charge in [-0.25, -0.2) is 4.98 Å². The predicted molar refractivity (Wildman–Crippen MR) is 72.8 cm³/mol. The molecule has 1 saturated carbocycles. The second-order valence-electron chi connectivity index (χ2n) is 5.16. The molecule has 1 aliphatic carbocycles. The molecule has 96 valence electrons. The highest BCUT2D eigenvalue weighted by Crippen LogP contribution is 2.28. The Morgan fingerprint density at radius 1 is 1.39 bits per heavy atom. The van der Waals surface area contributed by atoms with Gasteiger partial charge in [0.2, 0.25) is 0 Å². The Balaban J connectivity index is 1.93. The predicted octanol–water partition coefficient (Wildman–Crippen LogP) is 2.45. The summed E-state index contributed by atoms with van der Waals surface area (Å²) in [6.07, 6.45) is 3.52. The third-order valence-electron chi connectivity index (χ3n) is 3.92. The molecular weight excluding hydrogens is 226 g/mol. The highest BCUT2D eigenvalue weighted by Gasteiger charge is 2.27. The van der Waals surface area contributed by atoms with Crippen LogP contribution >= 0.6 is 0 Å². The molecule has 1 aromatic heterocycles. The van der Waals surface area contributed by atoms with Gasteiger partial charge in [-0.15, -0.1) is 0 Å². The minimum absolute atomic E-state index is 0.280. The Bertz CT molecular complexity index is 563. The Hall–Kier alpha value is -1.55. The highest BCUT2D eigenvalue weighted by atomic mass is 16.3. The van der Waals surface area contributed by atoms with Gasteiger partial charge in [0.25, 0.3) is 0 Å². The van der Waals surface area contributed by atoms with Gasteiger partial charge in [-0.05, 0) is 31.4 Å². The average Bonchev–Trinajstić information content (AvgIpc) is 2.91. The molecule has 2 unspecified atom stereocenters. The second kappa shape index (κ2) is 4.28. The molecule has 2 atom stereocenters. The van der Waals surface area contributed by atoms with Crippen molar-refractivity contribution in [2.45, 2.75) is 38.3 Å². The topological polar surface area (TPSA) is 55.3 Å². The molecule has 1 heterocycles. The number of aromatic nitrogens is 1. The van der Waals surface area contributed by atoms with E-state index in [1.54, 1.807) is 0 Å². The van der Waals surface area contributed by atoms with Gasteiger partial charge in [0.05, 0.1) is 0 Å². The second-order valence-corrected chi connectivity index (χ2v) is 5.16. The number of nitrogens with two attached hydrogens (primary N) is 1. The fourth-order valence-electron chi connectivity index (χ4n) is 2.89. The summed E-state index contributed by atoms with van der Waals surface area (Å²) >= 11 is 0. The maximum absolute atomic E-state index is 6.16. The molecule has 0 spiro atoms. The lowest BCUT2D eigenvalue weighted by atomic mass is 10.1. The van der Waals surface area contributed by atoms with Crippen molar-refractivity contribution in [3.05, 3.63) is 24.1 Å². The summed E-state index contributed by atoms with van der Waals surface area (Å²) in [4.78, 5) is 6.59. The van der Waals surface area contributed by atoms with E-state index in [2.05, 4.69) is 29.1 Å². The number of aryl methyl sites for hydroxylation is 1. The van der Waals surface area contributed by atoms with Gasteiger partial charge in [0, 0.05) is 37.8 Å². The summed E-state index contributed by atoms with van der Waals surface area (Å²) in [5.41, 5.74) is 9.08. The maximum Gasteiger partial charge on any atom is 0.192 e. The molecule has 0 amide bonds. The summed E-state index contributed by atoms with van der Waals surface area (Å²) in [7, 11) is 2.11. The molecule has 4 heteroatoms. The number of hydrogen-bond acceptors (Lipinski definition) is 4. The molecule has 1 fully saturated rings. The van der Waals surface area contributed by atoms with E-state index in [9.17, 15) is 0 Å². The molecular formula is C14H19N3O. The van der Waals surface area contributed by atoms with E-state index < -0.39 is 0 Å². The van der Waals surface area contributed by atoms with Gasteiger partial charge in [-0.1, -0.05) is 0 Å². The minimum Gasteiger partial charge on any atom is -0.441 e. The molecule has 3 rings (SSSR count). The van der Waals surface area contributed by atoms with E-state index in [4.69, 9.17) is 10.2 Å². The van der Waals surface area contributed by atoms with Gasteiger partial charge in [0.15, 0.2) is 11.5 Å². The largest absolute Gasteiger partial charge is 0.441 e. The molecule has 2 aromatic rings. The lowest BCUT2D eigenvalue weighted by Crippen LogP contribution is -2.42. The van der Waals surface area contributed by atoms with Crippen LogP contribution in [0.3, 0.4) is 0 Å². The van der Waals surface area contributed by atoms with Crippen LogP contribution in [0, 0.1) is 6.92 Å². The lowest BCUT2D eigenvalue weighted by molar-refractivity contribution is 0.558. The first-order valence-corrected chi connectivity index (χ1v) is 6.51. The van der Waals surface area contributed by atoms with Crippen molar-refractivity contribution in [1.29, 1.82) is 0 Å². The van der Waals surface area contributed by atoms with Crippen molar-refractivity contribution in [2.75, 3.05) is 11.9 Å². The quantitative estimate of drug-likeness (QED) is 0.883. The fraction of sp³-hybridized carbons (Fsp3) is 0.500. The van der Waals surface area contributed by atoms with Crippen LogP contribution in [0.2, 0.25) is 0 Å². The third-order valence-corrected chi connectivity index (χ3v) is 3.92. The van der Waals surface area contributed by atoms with Gasteiger partial charge in [-0.2, -0.15) is 0 Å². The van der Waals surface area contributed by atoms with E-state index >= 15 is 0 Å². The summed E-state index contributed by atoms with van der Waals surface area (Å²) in [6.45, 7) is 1.87. The number of hydrogen-bond donors (Lipinski definition) is 1. The van der Waals surface area contributed by atoms with E-state index in [0.29, 0.717) is 11.9 Å². The SMILES string of the molecule is Cc1nc2ccc(N(C)C3CCCC3N)cc2o1. The van der Waals surface area contributed by atoms with Crippen molar-refractivity contribution in [1.82, 2.24) is 4.98 Å². The van der Waals surface area contributed by atoms with Crippen molar-refractivity contribution >= 4 is 16.8 Å². The Morgan fingerprint density at radius 3 is 2.94 bits per heavy atom. The minimum atomic E-state index is 0.280. The van der Waals surface area contributed by atoms with Crippen LogP contribution in [-0.2, 0) is 0 Å². The Labute approximate surface area is 107 Å². The van der Waals surface area contributed by atoms with Crippen LogP contribution in [0.1, 0.15) is 25.2 Å². The van der Waals surface area contributed by atoms with Crippen LogP contribution in [0.5, 0.6) is 0 Å². The Kier molecular flexibility index (Phi) is 2.74. The number of fused-ring (bicyclic) bond motifs is 1.